The fraction of sp³-hybridized carbons (Fsp3) is 0.462. The summed E-state index contributed by atoms with van der Waals surface area (Å²) in [6.45, 7) is 2.74. The van der Waals surface area contributed by atoms with E-state index in [0.717, 1.165) is 19.4 Å². The molecule has 1 saturated heterocycles. The summed E-state index contributed by atoms with van der Waals surface area (Å²) in [6.07, 6.45) is 2.33. The van der Waals surface area contributed by atoms with Gasteiger partial charge in [-0.05, 0) is 53.9 Å². The predicted molar refractivity (Wildman–Crippen MR) is 73.7 cm³/mol. The van der Waals surface area contributed by atoms with Crippen LogP contribution in [0.15, 0.2) is 16.6 Å². The number of hydrogen-bond acceptors (Lipinski definition) is 2. The van der Waals surface area contributed by atoms with Crippen molar-refractivity contribution >= 4 is 33.3 Å². The highest BCUT2D eigenvalue weighted by molar-refractivity contribution is 9.10. The largest absolute Gasteiger partial charge is 0.305 e. The topological polar surface area (TPSA) is 29.1 Å². The minimum atomic E-state index is -0.641. The minimum Gasteiger partial charge on any atom is -0.305 e. The number of carbonyl (C=O) groups is 1. The Labute approximate surface area is 119 Å². The lowest BCUT2D eigenvalue weighted by Crippen LogP contribution is -2.47. The van der Waals surface area contributed by atoms with Gasteiger partial charge in [0.25, 0.3) is 0 Å². The van der Waals surface area contributed by atoms with Gasteiger partial charge in [-0.1, -0.05) is 18.5 Å². The van der Waals surface area contributed by atoms with Crippen LogP contribution in [-0.4, -0.2) is 17.9 Å². The number of carbonyl (C=O) groups excluding carboxylic acids is 1. The van der Waals surface area contributed by atoms with Crippen molar-refractivity contribution in [3.8, 4) is 0 Å². The molecular formula is C13H14BrClFNO. The number of rotatable bonds is 3. The van der Waals surface area contributed by atoms with Gasteiger partial charge in [0.2, 0.25) is 0 Å². The Bertz CT molecular complexity index is 486. The maximum absolute atomic E-state index is 14.1. The van der Waals surface area contributed by atoms with Crippen LogP contribution in [0.3, 0.4) is 0 Å². The first-order valence-corrected chi connectivity index (χ1v) is 7.12. The molecule has 0 bridgehead atoms. The molecule has 98 valence electrons. The molecule has 1 aromatic rings. The van der Waals surface area contributed by atoms with Gasteiger partial charge < -0.3 is 5.32 Å². The van der Waals surface area contributed by atoms with E-state index >= 15 is 0 Å². The standard InChI is InChI=1S/C13H14BrClFNO/c1-2-13(6-3-7-17-13)12(18)8-4-5-9(14)10(15)11(8)16/h4-5,17H,2-3,6-7H2,1H3. The Morgan fingerprint density at radius 3 is 2.89 bits per heavy atom. The van der Waals surface area contributed by atoms with E-state index in [1.165, 1.54) is 6.07 Å². The van der Waals surface area contributed by atoms with Crippen molar-refractivity contribution in [3.05, 3.63) is 33.0 Å². The van der Waals surface area contributed by atoms with Gasteiger partial charge in [-0.2, -0.15) is 0 Å². The SMILES string of the molecule is CCC1(C(=O)c2ccc(Br)c(Cl)c2F)CCCN1. The maximum Gasteiger partial charge on any atom is 0.185 e. The number of benzene rings is 1. The minimum absolute atomic E-state index is 0.0369. The normalized spacial score (nSPS) is 23.3. The molecule has 0 aromatic heterocycles. The summed E-state index contributed by atoms with van der Waals surface area (Å²) in [5, 5.41) is 3.17. The van der Waals surface area contributed by atoms with Crippen LogP contribution in [0.4, 0.5) is 4.39 Å². The Balaban J connectivity index is 2.43. The van der Waals surface area contributed by atoms with Gasteiger partial charge in [-0.25, -0.2) is 4.39 Å². The summed E-state index contributed by atoms with van der Waals surface area (Å²) >= 11 is 8.97. The lowest BCUT2D eigenvalue weighted by molar-refractivity contribution is 0.0859. The molecule has 0 spiro atoms. The van der Waals surface area contributed by atoms with Crippen LogP contribution in [0.5, 0.6) is 0 Å². The molecule has 0 radical (unpaired) electrons. The molecule has 1 N–H and O–H groups in total. The summed E-state index contributed by atoms with van der Waals surface area (Å²) < 4.78 is 14.5. The number of ketones is 1. The van der Waals surface area contributed by atoms with Crippen LogP contribution in [-0.2, 0) is 0 Å². The molecule has 5 heteroatoms. The molecule has 0 saturated carbocycles. The summed E-state index contributed by atoms with van der Waals surface area (Å²) in [4.78, 5) is 12.5. The Morgan fingerprint density at radius 2 is 2.33 bits per heavy atom. The summed E-state index contributed by atoms with van der Waals surface area (Å²) in [5.41, 5.74) is -0.558. The van der Waals surface area contributed by atoms with Crippen molar-refractivity contribution in [1.29, 1.82) is 0 Å². The van der Waals surface area contributed by atoms with E-state index < -0.39 is 11.4 Å². The summed E-state index contributed by atoms with van der Waals surface area (Å²) in [7, 11) is 0. The van der Waals surface area contributed by atoms with Gasteiger partial charge in [0.15, 0.2) is 11.6 Å². The smallest absolute Gasteiger partial charge is 0.185 e. The van der Waals surface area contributed by atoms with Gasteiger partial charge in [0.05, 0.1) is 16.1 Å². The van der Waals surface area contributed by atoms with Crippen molar-refractivity contribution in [1.82, 2.24) is 5.32 Å². The lowest BCUT2D eigenvalue weighted by Gasteiger charge is -2.26. The first-order valence-electron chi connectivity index (χ1n) is 5.95. The Morgan fingerprint density at radius 1 is 1.61 bits per heavy atom. The maximum atomic E-state index is 14.1. The first kappa shape index (κ1) is 14.0. The highest BCUT2D eigenvalue weighted by Crippen LogP contribution is 2.32. The molecule has 1 aliphatic rings. The molecule has 1 fully saturated rings. The second kappa shape index (κ2) is 5.27. The highest BCUT2D eigenvalue weighted by Gasteiger charge is 2.40. The number of nitrogens with one attached hydrogen (secondary N) is 1. The molecule has 2 nitrogen and oxygen atoms in total. The van der Waals surface area contributed by atoms with Crippen LogP contribution >= 0.6 is 27.5 Å². The number of Topliss-reactive ketones (excluding diaryl/α,β-unsaturated/α-hetero) is 1. The zero-order valence-corrected chi connectivity index (χ0v) is 12.4. The van der Waals surface area contributed by atoms with Crippen LogP contribution in [0, 0.1) is 5.82 Å². The van der Waals surface area contributed by atoms with Crippen LogP contribution < -0.4 is 5.32 Å². The quantitative estimate of drug-likeness (QED) is 0.670. The first-order chi connectivity index (χ1) is 8.52. The summed E-state index contributed by atoms with van der Waals surface area (Å²) in [6, 6.07) is 3.10. The third kappa shape index (κ3) is 2.22. The van der Waals surface area contributed by atoms with Crippen molar-refractivity contribution in [2.45, 2.75) is 31.7 Å². The average molecular weight is 335 g/mol. The average Bonchev–Trinajstić information content (AvgIpc) is 2.85. The van der Waals surface area contributed by atoms with E-state index in [-0.39, 0.29) is 16.4 Å². The fourth-order valence-electron chi connectivity index (χ4n) is 2.42. The second-order valence-electron chi connectivity index (χ2n) is 4.52. The van der Waals surface area contributed by atoms with Crippen molar-refractivity contribution < 1.29 is 9.18 Å². The van der Waals surface area contributed by atoms with E-state index in [0.29, 0.717) is 10.9 Å². The van der Waals surface area contributed by atoms with Gasteiger partial charge in [0.1, 0.15) is 0 Å². The fourth-order valence-corrected chi connectivity index (χ4v) is 2.89. The zero-order valence-electron chi connectivity index (χ0n) is 10.0. The molecule has 1 unspecified atom stereocenters. The molecule has 2 rings (SSSR count). The van der Waals surface area contributed by atoms with Crippen molar-refractivity contribution in [2.24, 2.45) is 0 Å². The molecule has 1 atom stereocenters. The molecule has 1 heterocycles. The molecule has 18 heavy (non-hydrogen) atoms. The molecule has 0 aliphatic carbocycles. The van der Waals surface area contributed by atoms with E-state index in [2.05, 4.69) is 21.2 Å². The molecule has 1 aliphatic heterocycles. The second-order valence-corrected chi connectivity index (χ2v) is 5.75. The molecule has 0 amide bonds. The molecular weight excluding hydrogens is 321 g/mol. The van der Waals surface area contributed by atoms with Gasteiger partial charge >= 0.3 is 0 Å². The van der Waals surface area contributed by atoms with Crippen LogP contribution in [0.2, 0.25) is 5.02 Å². The Kier molecular flexibility index (Phi) is 4.09. The lowest BCUT2D eigenvalue weighted by atomic mass is 9.85. The van der Waals surface area contributed by atoms with Gasteiger partial charge in [0, 0.05) is 4.47 Å². The van der Waals surface area contributed by atoms with Gasteiger partial charge in [-0.3, -0.25) is 4.79 Å². The van der Waals surface area contributed by atoms with E-state index in [1.54, 1.807) is 6.07 Å². The van der Waals surface area contributed by atoms with Crippen molar-refractivity contribution in [3.63, 3.8) is 0 Å². The number of hydrogen-bond donors (Lipinski definition) is 1. The van der Waals surface area contributed by atoms with Crippen molar-refractivity contribution in [2.75, 3.05) is 6.54 Å². The van der Waals surface area contributed by atoms with E-state index in [4.69, 9.17) is 11.6 Å². The van der Waals surface area contributed by atoms with Crippen LogP contribution in [0.1, 0.15) is 36.5 Å². The highest BCUT2D eigenvalue weighted by atomic mass is 79.9. The third-order valence-electron chi connectivity index (χ3n) is 3.56. The molecule has 1 aromatic carbocycles. The predicted octanol–water partition coefficient (Wildman–Crippen LogP) is 3.96. The Hall–Kier alpha value is -0.450. The third-order valence-corrected chi connectivity index (χ3v) is 4.82. The van der Waals surface area contributed by atoms with E-state index in [1.807, 2.05) is 6.92 Å². The van der Waals surface area contributed by atoms with Gasteiger partial charge in [-0.15, -0.1) is 0 Å². The zero-order chi connectivity index (χ0) is 13.3. The van der Waals surface area contributed by atoms with Crippen LogP contribution in [0.25, 0.3) is 0 Å². The van der Waals surface area contributed by atoms with E-state index in [9.17, 15) is 9.18 Å². The monoisotopic (exact) mass is 333 g/mol. The summed E-state index contributed by atoms with van der Waals surface area (Å²) in [5.74, 6) is -0.841. The number of halogens is 3.